The first-order chi connectivity index (χ1) is 18.3. The van der Waals surface area contributed by atoms with Crippen molar-refractivity contribution >= 4 is 17.8 Å². The summed E-state index contributed by atoms with van der Waals surface area (Å²) in [6, 6.07) is 11.7. The fraction of sp³-hybridized carbons (Fsp3) is 0.393. The van der Waals surface area contributed by atoms with Crippen LogP contribution in [0.5, 0.6) is 5.75 Å². The number of urea groups is 1. The Morgan fingerprint density at radius 3 is 2.50 bits per heavy atom. The molecule has 2 saturated heterocycles. The van der Waals surface area contributed by atoms with Crippen molar-refractivity contribution in [1.29, 1.82) is 0 Å². The standard InChI is InChI=1S/C28H31N5O5/c1-3-31-12-14-32(15-13-31)24(34)20-6-4-19(5-7-20)10-11-28(26(36)29-27(37)30-28)18-33-17-21-8-9-22(38-2)16-23(21)25(33)35/h4-9,16,26,36H,3,12-15,17-18H2,1-2H3,(H2,29,30,37)/t26?,28-/m1/s1. The van der Waals surface area contributed by atoms with Gasteiger partial charge in [0.2, 0.25) is 0 Å². The molecule has 3 aliphatic heterocycles. The van der Waals surface area contributed by atoms with Crippen molar-refractivity contribution in [3.8, 4) is 17.6 Å². The number of nitrogens with zero attached hydrogens (tertiary/aromatic N) is 3. The van der Waals surface area contributed by atoms with Crippen LogP contribution in [0.1, 0.15) is 38.8 Å². The van der Waals surface area contributed by atoms with Gasteiger partial charge in [0.15, 0.2) is 11.8 Å². The predicted octanol–water partition coefficient (Wildman–Crippen LogP) is 0.850. The molecule has 3 aliphatic rings. The molecule has 0 saturated carbocycles. The van der Waals surface area contributed by atoms with Crippen LogP contribution in [0.15, 0.2) is 42.5 Å². The number of carbonyl (C=O) groups is 3. The molecule has 2 aromatic carbocycles. The number of hydrogen-bond acceptors (Lipinski definition) is 6. The fourth-order valence-electron chi connectivity index (χ4n) is 5.05. The number of nitrogens with one attached hydrogen (secondary N) is 2. The largest absolute Gasteiger partial charge is 0.497 e. The third kappa shape index (κ3) is 4.90. The summed E-state index contributed by atoms with van der Waals surface area (Å²) in [4.78, 5) is 43.8. The zero-order valence-electron chi connectivity index (χ0n) is 21.5. The lowest BCUT2D eigenvalue weighted by molar-refractivity contribution is 0.0610. The van der Waals surface area contributed by atoms with Gasteiger partial charge in [-0.3, -0.25) is 9.59 Å². The molecule has 3 N–H and O–H groups in total. The summed E-state index contributed by atoms with van der Waals surface area (Å²) in [5.41, 5.74) is 1.15. The minimum atomic E-state index is -1.41. The van der Waals surface area contributed by atoms with E-state index in [1.54, 1.807) is 41.3 Å². The average molecular weight is 518 g/mol. The van der Waals surface area contributed by atoms with E-state index in [1.165, 1.54) is 7.11 Å². The van der Waals surface area contributed by atoms with Gasteiger partial charge in [-0.2, -0.15) is 0 Å². The van der Waals surface area contributed by atoms with Gasteiger partial charge in [0, 0.05) is 49.4 Å². The monoisotopic (exact) mass is 517 g/mol. The zero-order chi connectivity index (χ0) is 26.9. The summed E-state index contributed by atoms with van der Waals surface area (Å²) >= 11 is 0. The van der Waals surface area contributed by atoms with E-state index in [0.717, 1.165) is 25.2 Å². The smallest absolute Gasteiger partial charge is 0.318 e. The number of carbonyl (C=O) groups excluding carboxylic acids is 3. The quantitative estimate of drug-likeness (QED) is 0.507. The van der Waals surface area contributed by atoms with E-state index in [2.05, 4.69) is 34.3 Å². The summed E-state index contributed by atoms with van der Waals surface area (Å²) in [6.45, 7) is 6.55. The second-order valence-corrected chi connectivity index (χ2v) is 9.71. The number of ether oxygens (including phenoxy) is 1. The molecule has 2 fully saturated rings. The van der Waals surface area contributed by atoms with Gasteiger partial charge in [0.1, 0.15) is 5.75 Å². The van der Waals surface area contributed by atoms with E-state index in [1.807, 2.05) is 11.0 Å². The summed E-state index contributed by atoms with van der Waals surface area (Å²) in [6.07, 6.45) is -1.32. The number of piperazine rings is 1. The molecule has 2 aromatic rings. The molecular formula is C28H31N5O5. The van der Waals surface area contributed by atoms with Gasteiger partial charge < -0.3 is 35.2 Å². The van der Waals surface area contributed by atoms with Gasteiger partial charge in [0.25, 0.3) is 11.8 Å². The van der Waals surface area contributed by atoms with Gasteiger partial charge >= 0.3 is 6.03 Å². The van der Waals surface area contributed by atoms with Crippen LogP contribution in [-0.2, 0) is 6.54 Å². The number of amides is 4. The summed E-state index contributed by atoms with van der Waals surface area (Å²) < 4.78 is 5.24. The normalized spacial score (nSPS) is 22.9. The van der Waals surface area contributed by atoms with Crippen molar-refractivity contribution in [3.63, 3.8) is 0 Å². The zero-order valence-corrected chi connectivity index (χ0v) is 21.5. The van der Waals surface area contributed by atoms with Gasteiger partial charge in [0.05, 0.1) is 13.7 Å². The Kier molecular flexibility index (Phi) is 6.97. The topological polar surface area (TPSA) is 114 Å². The number of benzene rings is 2. The molecule has 0 radical (unpaired) electrons. The lowest BCUT2D eigenvalue weighted by Gasteiger charge is -2.34. The molecule has 38 heavy (non-hydrogen) atoms. The molecule has 0 aromatic heterocycles. The minimum Gasteiger partial charge on any atom is -0.497 e. The van der Waals surface area contributed by atoms with E-state index in [0.29, 0.717) is 42.1 Å². The predicted molar refractivity (Wildman–Crippen MR) is 139 cm³/mol. The summed E-state index contributed by atoms with van der Waals surface area (Å²) in [5.74, 6) is 6.35. The van der Waals surface area contributed by atoms with Gasteiger partial charge in [-0.1, -0.05) is 24.8 Å². The second-order valence-electron chi connectivity index (χ2n) is 9.71. The highest BCUT2D eigenvalue weighted by molar-refractivity contribution is 5.99. The number of rotatable bonds is 5. The van der Waals surface area contributed by atoms with Crippen molar-refractivity contribution in [1.82, 2.24) is 25.3 Å². The number of aliphatic hydroxyl groups excluding tert-OH is 1. The molecule has 10 nitrogen and oxygen atoms in total. The van der Waals surface area contributed by atoms with Gasteiger partial charge in [-0.05, 0) is 48.5 Å². The molecular weight excluding hydrogens is 486 g/mol. The first-order valence-electron chi connectivity index (χ1n) is 12.7. The SMILES string of the molecule is CCN1CCN(C(=O)c2ccc(C#C[C@]3(CN4Cc5ccc(OC)cc5C4=O)NC(=O)NC3O)cc2)CC1. The third-order valence-corrected chi connectivity index (χ3v) is 7.38. The Balaban J connectivity index is 1.32. The molecule has 1 unspecified atom stereocenters. The Labute approximate surface area is 221 Å². The number of hydrogen-bond donors (Lipinski definition) is 3. The molecule has 3 heterocycles. The fourth-order valence-corrected chi connectivity index (χ4v) is 5.05. The van der Waals surface area contributed by atoms with Gasteiger partial charge in [-0.25, -0.2) is 4.79 Å². The molecule has 0 spiro atoms. The van der Waals surface area contributed by atoms with Crippen molar-refractivity contribution in [3.05, 3.63) is 64.7 Å². The van der Waals surface area contributed by atoms with Crippen LogP contribution in [0.3, 0.4) is 0 Å². The van der Waals surface area contributed by atoms with Crippen molar-refractivity contribution in [2.45, 2.75) is 25.2 Å². The van der Waals surface area contributed by atoms with Gasteiger partial charge in [-0.15, -0.1) is 0 Å². The average Bonchev–Trinajstić information content (AvgIpc) is 3.40. The van der Waals surface area contributed by atoms with Crippen LogP contribution in [0.2, 0.25) is 0 Å². The van der Waals surface area contributed by atoms with Crippen molar-refractivity contribution in [2.75, 3.05) is 46.4 Å². The first-order valence-corrected chi connectivity index (χ1v) is 12.7. The second kappa shape index (κ2) is 10.4. The lowest BCUT2D eigenvalue weighted by atomic mass is 9.97. The molecule has 10 heteroatoms. The van der Waals surface area contributed by atoms with Crippen LogP contribution < -0.4 is 15.4 Å². The highest BCUT2D eigenvalue weighted by Gasteiger charge is 2.48. The maximum absolute atomic E-state index is 13.1. The first kappa shape index (κ1) is 25.6. The van der Waals surface area contributed by atoms with Crippen molar-refractivity contribution < 1.29 is 24.2 Å². The number of methoxy groups -OCH3 is 1. The van der Waals surface area contributed by atoms with E-state index in [-0.39, 0.29) is 18.4 Å². The molecule has 198 valence electrons. The minimum absolute atomic E-state index is 0.0110. The third-order valence-electron chi connectivity index (χ3n) is 7.38. The Morgan fingerprint density at radius 2 is 1.87 bits per heavy atom. The van der Waals surface area contributed by atoms with E-state index < -0.39 is 17.8 Å². The maximum atomic E-state index is 13.1. The van der Waals surface area contributed by atoms with Crippen LogP contribution in [0.25, 0.3) is 0 Å². The van der Waals surface area contributed by atoms with Crippen LogP contribution >= 0.6 is 0 Å². The van der Waals surface area contributed by atoms with Crippen molar-refractivity contribution in [2.24, 2.45) is 0 Å². The molecule has 2 atom stereocenters. The summed E-state index contributed by atoms with van der Waals surface area (Å²) in [5, 5.41) is 15.9. The van der Waals surface area contributed by atoms with Crippen LogP contribution in [-0.4, -0.2) is 95.8 Å². The molecule has 0 aliphatic carbocycles. The summed E-state index contributed by atoms with van der Waals surface area (Å²) in [7, 11) is 1.54. The molecule has 0 bridgehead atoms. The number of likely N-dealkylation sites (N-methyl/N-ethyl adjacent to an activating group) is 1. The Bertz CT molecular complexity index is 1310. The van der Waals surface area contributed by atoms with E-state index in [4.69, 9.17) is 4.74 Å². The van der Waals surface area contributed by atoms with Crippen LogP contribution in [0.4, 0.5) is 4.79 Å². The lowest BCUT2D eigenvalue weighted by Crippen LogP contribution is -2.56. The van der Waals surface area contributed by atoms with E-state index >= 15 is 0 Å². The Morgan fingerprint density at radius 1 is 1.13 bits per heavy atom. The highest BCUT2D eigenvalue weighted by Crippen LogP contribution is 2.29. The maximum Gasteiger partial charge on any atom is 0.318 e. The van der Waals surface area contributed by atoms with E-state index in [9.17, 15) is 19.5 Å². The Hall–Kier alpha value is -4.07. The number of aliphatic hydroxyl groups is 1. The molecule has 5 rings (SSSR count). The molecule has 4 amide bonds. The van der Waals surface area contributed by atoms with Crippen LogP contribution in [0, 0.1) is 11.8 Å². The number of fused-ring (bicyclic) bond motifs is 1. The highest BCUT2D eigenvalue weighted by atomic mass is 16.5.